The highest BCUT2D eigenvalue weighted by atomic mass is 127. The second kappa shape index (κ2) is 6.97. The largest absolute Gasteiger partial charge is 0.382 e. The molecule has 0 aromatic carbocycles. The third kappa shape index (κ3) is 4.76. The van der Waals surface area contributed by atoms with Crippen LogP contribution in [0, 0.1) is 3.57 Å². The number of ether oxygens (including phenoxy) is 2. The molecule has 1 rings (SSSR count). The molecule has 0 radical (unpaired) electrons. The second-order valence-corrected chi connectivity index (χ2v) is 4.23. The fourth-order valence-electron chi connectivity index (χ4n) is 1.08. The van der Waals surface area contributed by atoms with Gasteiger partial charge in [-0.1, -0.05) is 0 Å². The number of hydrogen-bond acceptors (Lipinski definition) is 3. The smallest absolute Gasteiger partial charge is 0.250 e. The Morgan fingerprint density at radius 3 is 2.87 bits per heavy atom. The fraction of sp³-hybridized carbons (Fsp3) is 0.500. The number of halogens is 1. The third-order valence-electron chi connectivity index (χ3n) is 1.86. The summed E-state index contributed by atoms with van der Waals surface area (Å²) in [6, 6.07) is 3.36. The van der Waals surface area contributed by atoms with Gasteiger partial charge in [-0.15, -0.1) is 0 Å². The van der Waals surface area contributed by atoms with Crippen molar-refractivity contribution < 1.29 is 9.47 Å². The van der Waals surface area contributed by atoms with E-state index in [0.29, 0.717) is 26.4 Å². The van der Waals surface area contributed by atoms with Gasteiger partial charge in [0.25, 0.3) is 5.56 Å². The van der Waals surface area contributed by atoms with Crippen molar-refractivity contribution >= 4 is 22.6 Å². The summed E-state index contributed by atoms with van der Waals surface area (Å²) < 4.78 is 12.8. The Kier molecular flexibility index (Phi) is 5.89. The van der Waals surface area contributed by atoms with E-state index in [1.54, 1.807) is 23.8 Å². The molecule has 0 bridgehead atoms. The van der Waals surface area contributed by atoms with Crippen LogP contribution in [0.4, 0.5) is 0 Å². The van der Waals surface area contributed by atoms with Crippen LogP contribution in [-0.2, 0) is 16.0 Å². The summed E-state index contributed by atoms with van der Waals surface area (Å²) in [4.78, 5) is 11.4. The number of hydrogen-bond donors (Lipinski definition) is 0. The van der Waals surface area contributed by atoms with Crippen LogP contribution in [0.5, 0.6) is 0 Å². The van der Waals surface area contributed by atoms with Gasteiger partial charge < -0.3 is 14.0 Å². The van der Waals surface area contributed by atoms with Crippen LogP contribution >= 0.6 is 22.6 Å². The monoisotopic (exact) mass is 323 g/mol. The van der Waals surface area contributed by atoms with Crippen LogP contribution in [0.2, 0.25) is 0 Å². The average Bonchev–Trinajstić information content (AvgIpc) is 2.23. The molecule has 0 aliphatic heterocycles. The molecule has 0 saturated carbocycles. The van der Waals surface area contributed by atoms with E-state index in [9.17, 15) is 4.79 Å². The molecule has 15 heavy (non-hydrogen) atoms. The Morgan fingerprint density at radius 1 is 1.33 bits per heavy atom. The molecule has 0 saturated heterocycles. The molecule has 5 heteroatoms. The maximum absolute atomic E-state index is 11.4. The van der Waals surface area contributed by atoms with Gasteiger partial charge in [-0.25, -0.2) is 0 Å². The lowest BCUT2D eigenvalue weighted by Crippen LogP contribution is -2.21. The van der Waals surface area contributed by atoms with Crippen LogP contribution in [0.1, 0.15) is 0 Å². The Morgan fingerprint density at radius 2 is 2.13 bits per heavy atom. The van der Waals surface area contributed by atoms with Gasteiger partial charge in [0, 0.05) is 29.5 Å². The summed E-state index contributed by atoms with van der Waals surface area (Å²) in [5.41, 5.74) is 0.00533. The summed E-state index contributed by atoms with van der Waals surface area (Å²) in [7, 11) is 1.63. The van der Waals surface area contributed by atoms with Crippen molar-refractivity contribution in [2.24, 2.45) is 0 Å². The summed E-state index contributed by atoms with van der Waals surface area (Å²) >= 11 is 2.18. The maximum atomic E-state index is 11.4. The second-order valence-electron chi connectivity index (χ2n) is 2.98. The topological polar surface area (TPSA) is 40.5 Å². The average molecular weight is 323 g/mol. The van der Waals surface area contributed by atoms with E-state index in [-0.39, 0.29) is 5.56 Å². The van der Waals surface area contributed by atoms with Gasteiger partial charge in [0.05, 0.1) is 19.8 Å². The molecule has 0 amide bonds. The molecule has 4 nitrogen and oxygen atoms in total. The van der Waals surface area contributed by atoms with E-state index in [1.807, 2.05) is 6.20 Å². The number of aromatic nitrogens is 1. The quantitative estimate of drug-likeness (QED) is 0.582. The first-order valence-electron chi connectivity index (χ1n) is 4.66. The van der Waals surface area contributed by atoms with Gasteiger partial charge >= 0.3 is 0 Å². The van der Waals surface area contributed by atoms with Crippen molar-refractivity contribution in [3.8, 4) is 0 Å². The van der Waals surface area contributed by atoms with E-state index in [2.05, 4.69) is 22.6 Å². The molecule has 0 aliphatic carbocycles. The molecule has 1 aromatic rings. The van der Waals surface area contributed by atoms with Crippen molar-refractivity contribution in [2.45, 2.75) is 6.54 Å². The summed E-state index contributed by atoms with van der Waals surface area (Å²) in [6.45, 7) is 2.26. The highest BCUT2D eigenvalue weighted by Crippen LogP contribution is 1.99. The van der Waals surface area contributed by atoms with Gasteiger partial charge in [-0.3, -0.25) is 4.79 Å². The van der Waals surface area contributed by atoms with Crippen molar-refractivity contribution in [3.05, 3.63) is 32.3 Å². The fourth-order valence-corrected chi connectivity index (χ4v) is 1.60. The van der Waals surface area contributed by atoms with Gasteiger partial charge in [0.15, 0.2) is 0 Å². The van der Waals surface area contributed by atoms with Gasteiger partial charge in [-0.05, 0) is 28.7 Å². The molecule has 84 valence electrons. The van der Waals surface area contributed by atoms with E-state index >= 15 is 0 Å². The maximum Gasteiger partial charge on any atom is 0.250 e. The highest BCUT2D eigenvalue weighted by Gasteiger charge is 1.96. The van der Waals surface area contributed by atoms with Crippen LogP contribution in [0.15, 0.2) is 23.1 Å². The van der Waals surface area contributed by atoms with Crippen LogP contribution in [-0.4, -0.2) is 31.5 Å². The lowest BCUT2D eigenvalue weighted by atomic mass is 10.4. The number of methoxy groups -OCH3 is 1. The molecule has 0 aliphatic rings. The zero-order valence-corrected chi connectivity index (χ0v) is 10.8. The number of rotatable bonds is 6. The Hall–Kier alpha value is -0.400. The number of pyridine rings is 1. The van der Waals surface area contributed by atoms with Crippen LogP contribution in [0.25, 0.3) is 0 Å². The zero-order chi connectivity index (χ0) is 11.1. The van der Waals surface area contributed by atoms with Crippen LogP contribution in [0.3, 0.4) is 0 Å². The Bertz CT molecular complexity index is 351. The molecule has 1 aromatic heterocycles. The highest BCUT2D eigenvalue weighted by molar-refractivity contribution is 14.1. The number of nitrogens with zero attached hydrogens (tertiary/aromatic N) is 1. The minimum absolute atomic E-state index is 0.00533. The lowest BCUT2D eigenvalue weighted by Gasteiger charge is -2.06. The van der Waals surface area contributed by atoms with E-state index < -0.39 is 0 Å². The molecule has 0 fully saturated rings. The molecule has 0 spiro atoms. The third-order valence-corrected chi connectivity index (χ3v) is 2.49. The molecule has 0 atom stereocenters. The summed E-state index contributed by atoms with van der Waals surface area (Å²) in [6.07, 6.45) is 1.82. The predicted octanol–water partition coefficient (Wildman–Crippen LogP) is 1.12. The first kappa shape index (κ1) is 12.7. The van der Waals surface area contributed by atoms with Gasteiger partial charge in [0.1, 0.15) is 0 Å². The van der Waals surface area contributed by atoms with E-state index in [4.69, 9.17) is 9.47 Å². The minimum Gasteiger partial charge on any atom is -0.382 e. The standard InChI is InChI=1S/C10H14INO3/c1-14-6-7-15-5-4-12-8-9(11)2-3-10(12)13/h2-3,8H,4-7H2,1H3. The zero-order valence-electron chi connectivity index (χ0n) is 8.61. The van der Waals surface area contributed by atoms with E-state index in [0.717, 1.165) is 3.57 Å². The Labute approximate surface area is 102 Å². The Balaban J connectivity index is 2.37. The summed E-state index contributed by atoms with van der Waals surface area (Å²) in [5, 5.41) is 0. The molecular weight excluding hydrogens is 309 g/mol. The lowest BCUT2D eigenvalue weighted by molar-refractivity contribution is 0.0662. The first-order valence-corrected chi connectivity index (χ1v) is 5.74. The normalized spacial score (nSPS) is 10.5. The van der Waals surface area contributed by atoms with Crippen molar-refractivity contribution in [1.82, 2.24) is 4.57 Å². The summed E-state index contributed by atoms with van der Waals surface area (Å²) in [5.74, 6) is 0. The molecular formula is C10H14INO3. The van der Waals surface area contributed by atoms with Crippen molar-refractivity contribution in [2.75, 3.05) is 26.9 Å². The van der Waals surface area contributed by atoms with Crippen molar-refractivity contribution in [1.29, 1.82) is 0 Å². The van der Waals surface area contributed by atoms with Crippen molar-refractivity contribution in [3.63, 3.8) is 0 Å². The predicted molar refractivity (Wildman–Crippen MR) is 66.1 cm³/mol. The van der Waals surface area contributed by atoms with Crippen LogP contribution < -0.4 is 5.56 Å². The SMILES string of the molecule is COCCOCCn1cc(I)ccc1=O. The first-order chi connectivity index (χ1) is 7.24. The minimum atomic E-state index is 0.00533. The molecule has 1 heterocycles. The van der Waals surface area contributed by atoms with Gasteiger partial charge in [-0.2, -0.15) is 0 Å². The van der Waals surface area contributed by atoms with Gasteiger partial charge in [0.2, 0.25) is 0 Å². The molecule has 0 unspecified atom stereocenters. The molecule has 0 N–H and O–H groups in total. The van der Waals surface area contributed by atoms with E-state index in [1.165, 1.54) is 0 Å².